The van der Waals surface area contributed by atoms with Gasteiger partial charge in [-0.3, -0.25) is 14.7 Å². The minimum Gasteiger partial charge on any atom is -0.268 e. The topological polar surface area (TPSA) is 51.0 Å². The number of carbonyl (C=O) groups excluding carboxylic acids is 1. The molecule has 5 nitrogen and oxygen atoms in total. The number of hydrogen-bond donors (Lipinski definition) is 0. The molecule has 1 saturated heterocycles. The molecule has 0 aliphatic carbocycles. The molecule has 0 radical (unpaired) electrons. The Morgan fingerprint density at radius 1 is 1.04 bits per heavy atom. The summed E-state index contributed by atoms with van der Waals surface area (Å²) in [6, 6.07) is 13.4. The van der Waals surface area contributed by atoms with Crippen LogP contribution < -0.4 is 4.90 Å². The van der Waals surface area contributed by atoms with Gasteiger partial charge in [-0.05, 0) is 30.3 Å². The summed E-state index contributed by atoms with van der Waals surface area (Å²) in [7, 11) is 0. The van der Waals surface area contributed by atoms with Gasteiger partial charge < -0.3 is 0 Å². The van der Waals surface area contributed by atoms with Crippen LogP contribution in [0.4, 0.5) is 5.69 Å². The molecule has 3 aromatic rings. The zero-order valence-electron chi connectivity index (χ0n) is 12.9. The molecule has 2 aromatic heterocycles. The Kier molecular flexibility index (Phi) is 4.17. The molecule has 0 N–H and O–H groups in total. The van der Waals surface area contributed by atoms with Gasteiger partial charge in [-0.25, -0.2) is 4.68 Å². The van der Waals surface area contributed by atoms with Crippen molar-refractivity contribution in [3.63, 3.8) is 0 Å². The van der Waals surface area contributed by atoms with E-state index < -0.39 is 0 Å². The number of nitrogens with zero attached hydrogens (tertiary/aromatic N) is 4. The first-order chi connectivity index (χ1) is 12.2. The number of hydrogen-bond acceptors (Lipinski definition) is 5. The SMILES string of the molecule is O=C1/C(=C/c2cnn(-c3ccccc3)c2)SC(=S)N1c1cccnc1. The smallest absolute Gasteiger partial charge is 0.268 e. The molecule has 4 rings (SSSR count). The first-order valence-electron chi connectivity index (χ1n) is 7.50. The third-order valence-corrected chi connectivity index (χ3v) is 4.92. The summed E-state index contributed by atoms with van der Waals surface area (Å²) in [6.07, 6.45) is 8.70. The fourth-order valence-electron chi connectivity index (χ4n) is 2.46. The number of anilines is 1. The van der Waals surface area contributed by atoms with Crippen molar-refractivity contribution in [3.8, 4) is 5.69 Å². The van der Waals surface area contributed by atoms with Crippen molar-refractivity contribution < 1.29 is 4.79 Å². The monoisotopic (exact) mass is 364 g/mol. The molecule has 0 unspecified atom stereocenters. The summed E-state index contributed by atoms with van der Waals surface area (Å²) >= 11 is 6.63. The molecule has 1 fully saturated rings. The molecule has 0 saturated carbocycles. The molecule has 0 spiro atoms. The maximum absolute atomic E-state index is 12.7. The Hall–Kier alpha value is -2.77. The van der Waals surface area contributed by atoms with E-state index in [9.17, 15) is 4.79 Å². The van der Waals surface area contributed by atoms with Gasteiger partial charge in [-0.15, -0.1) is 0 Å². The number of aromatic nitrogens is 3. The third kappa shape index (κ3) is 3.11. The van der Waals surface area contributed by atoms with E-state index in [-0.39, 0.29) is 5.91 Å². The highest BCUT2D eigenvalue weighted by atomic mass is 32.2. The van der Waals surface area contributed by atoms with Crippen molar-refractivity contribution >= 4 is 46.0 Å². The fraction of sp³-hybridized carbons (Fsp3) is 0. The molecule has 3 heterocycles. The van der Waals surface area contributed by atoms with Gasteiger partial charge in [-0.2, -0.15) is 5.10 Å². The summed E-state index contributed by atoms with van der Waals surface area (Å²) in [5.74, 6) is -0.143. The largest absolute Gasteiger partial charge is 0.270 e. The van der Waals surface area contributed by atoms with Gasteiger partial charge in [0.05, 0.1) is 28.7 Å². The number of thiocarbonyl (C=S) groups is 1. The first kappa shape index (κ1) is 15.7. The molecule has 0 atom stereocenters. The Balaban J connectivity index is 1.62. The number of carbonyl (C=O) groups is 1. The highest BCUT2D eigenvalue weighted by Crippen LogP contribution is 2.35. The molecular formula is C18H12N4OS2. The van der Waals surface area contributed by atoms with Gasteiger partial charge in [0, 0.05) is 18.0 Å². The molecule has 7 heteroatoms. The number of rotatable bonds is 3. The second-order valence-electron chi connectivity index (χ2n) is 5.28. The van der Waals surface area contributed by atoms with Gasteiger partial charge >= 0.3 is 0 Å². The number of amides is 1. The van der Waals surface area contributed by atoms with Crippen molar-refractivity contribution in [2.45, 2.75) is 0 Å². The van der Waals surface area contributed by atoms with Crippen LogP contribution in [0.3, 0.4) is 0 Å². The summed E-state index contributed by atoms with van der Waals surface area (Å²) < 4.78 is 2.27. The van der Waals surface area contributed by atoms with E-state index in [1.165, 1.54) is 16.7 Å². The van der Waals surface area contributed by atoms with Crippen LogP contribution in [0.15, 0.2) is 72.2 Å². The van der Waals surface area contributed by atoms with Crippen molar-refractivity contribution in [2.24, 2.45) is 0 Å². The minimum atomic E-state index is -0.143. The lowest BCUT2D eigenvalue weighted by Gasteiger charge is -2.13. The Morgan fingerprint density at radius 3 is 2.60 bits per heavy atom. The average Bonchev–Trinajstić information content (AvgIpc) is 3.22. The van der Waals surface area contributed by atoms with E-state index in [0.717, 1.165) is 11.3 Å². The summed E-state index contributed by atoms with van der Waals surface area (Å²) in [6.45, 7) is 0. The second kappa shape index (κ2) is 6.62. The number of thioether (sulfide) groups is 1. The van der Waals surface area contributed by atoms with Crippen LogP contribution in [0, 0.1) is 0 Å². The van der Waals surface area contributed by atoms with Crippen LogP contribution in [0.2, 0.25) is 0 Å². The van der Waals surface area contributed by atoms with E-state index in [1.54, 1.807) is 29.3 Å². The lowest BCUT2D eigenvalue weighted by atomic mass is 10.3. The normalized spacial score (nSPS) is 16.0. The zero-order valence-corrected chi connectivity index (χ0v) is 14.6. The van der Waals surface area contributed by atoms with E-state index >= 15 is 0 Å². The minimum absolute atomic E-state index is 0.143. The van der Waals surface area contributed by atoms with Gasteiger partial charge in [0.25, 0.3) is 5.91 Å². The predicted octanol–water partition coefficient (Wildman–Crippen LogP) is 3.67. The Bertz CT molecular complexity index is 967. The second-order valence-corrected chi connectivity index (χ2v) is 6.96. The molecule has 1 aliphatic heterocycles. The maximum atomic E-state index is 12.7. The molecular weight excluding hydrogens is 352 g/mol. The van der Waals surface area contributed by atoms with Crippen LogP contribution >= 0.6 is 24.0 Å². The summed E-state index contributed by atoms with van der Waals surface area (Å²) in [4.78, 5) is 18.8. The Labute approximate surface area is 154 Å². The van der Waals surface area contributed by atoms with Gasteiger partial charge in [0.2, 0.25) is 0 Å². The van der Waals surface area contributed by atoms with Gasteiger partial charge in [-0.1, -0.05) is 42.2 Å². The van der Waals surface area contributed by atoms with Crippen molar-refractivity contribution in [2.75, 3.05) is 4.90 Å². The molecule has 1 aromatic carbocycles. The van der Waals surface area contributed by atoms with E-state index in [1.807, 2.05) is 48.7 Å². The van der Waals surface area contributed by atoms with Crippen molar-refractivity contribution in [1.82, 2.24) is 14.8 Å². The Morgan fingerprint density at radius 2 is 1.84 bits per heavy atom. The maximum Gasteiger partial charge on any atom is 0.270 e. The van der Waals surface area contributed by atoms with Crippen LogP contribution in [0.5, 0.6) is 0 Å². The van der Waals surface area contributed by atoms with Crippen molar-refractivity contribution in [1.29, 1.82) is 0 Å². The van der Waals surface area contributed by atoms with E-state index in [0.29, 0.717) is 14.9 Å². The quantitative estimate of drug-likeness (QED) is 0.524. The van der Waals surface area contributed by atoms with Crippen molar-refractivity contribution in [3.05, 3.63) is 77.7 Å². The average molecular weight is 364 g/mol. The van der Waals surface area contributed by atoms with Crippen LogP contribution in [-0.2, 0) is 4.79 Å². The summed E-state index contributed by atoms with van der Waals surface area (Å²) in [5, 5.41) is 4.34. The van der Waals surface area contributed by atoms with Gasteiger partial charge in [0.15, 0.2) is 4.32 Å². The predicted molar refractivity (Wildman–Crippen MR) is 103 cm³/mol. The molecule has 1 amide bonds. The lowest BCUT2D eigenvalue weighted by Crippen LogP contribution is -2.27. The molecule has 1 aliphatic rings. The molecule has 25 heavy (non-hydrogen) atoms. The molecule has 122 valence electrons. The number of pyridine rings is 1. The highest BCUT2D eigenvalue weighted by molar-refractivity contribution is 8.27. The highest BCUT2D eigenvalue weighted by Gasteiger charge is 2.33. The first-order valence-corrected chi connectivity index (χ1v) is 8.73. The van der Waals surface area contributed by atoms with Crippen LogP contribution in [0.1, 0.15) is 5.56 Å². The zero-order chi connectivity index (χ0) is 17.2. The van der Waals surface area contributed by atoms with E-state index in [4.69, 9.17) is 12.2 Å². The number of para-hydroxylation sites is 1. The van der Waals surface area contributed by atoms with Crippen LogP contribution in [0.25, 0.3) is 11.8 Å². The lowest BCUT2D eigenvalue weighted by molar-refractivity contribution is -0.113. The standard InChI is InChI=1S/C18H12N4OS2/c23-17-16(25-18(24)22(17)15-7-4-8-19-11-15)9-13-10-20-21(12-13)14-5-2-1-3-6-14/h1-12H/b16-9-. The van der Waals surface area contributed by atoms with Gasteiger partial charge in [0.1, 0.15) is 0 Å². The third-order valence-electron chi connectivity index (χ3n) is 3.62. The fourth-order valence-corrected chi connectivity index (χ4v) is 3.76. The van der Waals surface area contributed by atoms with E-state index in [2.05, 4.69) is 10.1 Å². The molecule has 0 bridgehead atoms. The number of benzene rings is 1. The summed E-state index contributed by atoms with van der Waals surface area (Å²) in [5.41, 5.74) is 2.48. The van der Waals surface area contributed by atoms with Crippen LogP contribution in [-0.4, -0.2) is 25.0 Å².